The molecule has 10 rings (SSSR count). The largest absolute Gasteiger partial charge is 0.309 e. The molecule has 0 spiro atoms. The van der Waals surface area contributed by atoms with Crippen molar-refractivity contribution in [2.75, 3.05) is 4.90 Å². The van der Waals surface area contributed by atoms with Crippen LogP contribution in [0.15, 0.2) is 146 Å². The van der Waals surface area contributed by atoms with Crippen molar-refractivity contribution in [1.82, 2.24) is 4.57 Å². The van der Waals surface area contributed by atoms with Gasteiger partial charge in [0.15, 0.2) is 0 Å². The predicted octanol–water partition coefficient (Wildman–Crippen LogP) is 11.8. The summed E-state index contributed by atoms with van der Waals surface area (Å²) < 4.78 is 5.05. The van der Waals surface area contributed by atoms with Crippen LogP contribution in [0, 0.1) is 0 Å². The van der Waals surface area contributed by atoms with Gasteiger partial charge in [0.05, 0.1) is 22.4 Å². The van der Waals surface area contributed by atoms with Crippen molar-refractivity contribution in [2.24, 2.45) is 0 Å². The van der Waals surface area contributed by atoms with Gasteiger partial charge in [0.25, 0.3) is 0 Å². The van der Waals surface area contributed by atoms with Crippen LogP contribution in [0.4, 0.5) is 17.1 Å². The van der Waals surface area contributed by atoms with Gasteiger partial charge in [-0.05, 0) is 65.5 Å². The van der Waals surface area contributed by atoms with E-state index in [0.29, 0.717) is 0 Å². The lowest BCUT2D eigenvalue weighted by Crippen LogP contribution is -2.15. The minimum Gasteiger partial charge on any atom is -0.309 e. The van der Waals surface area contributed by atoms with E-state index in [1.54, 1.807) is 0 Å². The Balaban J connectivity index is 1.28. The number of benzene rings is 7. The normalized spacial score (nSPS) is 12.6. The number of fused-ring (bicyclic) bond motifs is 8. The zero-order valence-corrected chi connectivity index (χ0v) is 24.0. The third kappa shape index (κ3) is 3.17. The lowest BCUT2D eigenvalue weighted by Gasteiger charge is -2.34. The molecular weight excluding hydrogens is 541 g/mol. The summed E-state index contributed by atoms with van der Waals surface area (Å²) in [6, 6.07) is 53.5. The molecule has 3 heterocycles. The maximum absolute atomic E-state index is 2.48. The number of hydrogen-bond donors (Lipinski definition) is 0. The van der Waals surface area contributed by atoms with Gasteiger partial charge in [-0.25, -0.2) is 0 Å². The molecular formula is C40H24N2S. The molecule has 0 radical (unpaired) electrons. The summed E-state index contributed by atoms with van der Waals surface area (Å²) in [5, 5.41) is 7.78. The molecule has 0 amide bonds. The van der Waals surface area contributed by atoms with E-state index in [0.717, 1.165) is 11.4 Å². The molecule has 0 unspecified atom stereocenters. The number of rotatable bonds is 2. The highest BCUT2D eigenvalue weighted by Gasteiger charge is 2.27. The fourth-order valence-electron chi connectivity index (χ4n) is 7.27. The van der Waals surface area contributed by atoms with Crippen molar-refractivity contribution in [1.29, 1.82) is 0 Å². The van der Waals surface area contributed by atoms with E-state index in [2.05, 4.69) is 155 Å². The molecule has 0 N–H and O–H groups in total. The maximum Gasteiger partial charge on any atom is 0.0555 e. The number of para-hydroxylation sites is 2. The summed E-state index contributed by atoms with van der Waals surface area (Å²) in [7, 11) is 0. The summed E-state index contributed by atoms with van der Waals surface area (Å²) in [5.41, 5.74) is 9.79. The molecule has 0 atom stereocenters. The fourth-order valence-corrected chi connectivity index (χ4v) is 8.39. The minimum absolute atomic E-state index is 1.16. The van der Waals surface area contributed by atoms with Crippen molar-refractivity contribution in [3.63, 3.8) is 0 Å². The number of thiophene rings is 1. The quantitative estimate of drug-likeness (QED) is 0.203. The molecule has 3 heteroatoms. The molecule has 2 nitrogen and oxygen atoms in total. The van der Waals surface area contributed by atoms with Gasteiger partial charge in [-0.1, -0.05) is 91.0 Å². The Morgan fingerprint density at radius 3 is 1.91 bits per heavy atom. The Kier molecular flexibility index (Phi) is 4.63. The van der Waals surface area contributed by atoms with Gasteiger partial charge in [0.1, 0.15) is 0 Å². The van der Waals surface area contributed by atoms with Crippen LogP contribution >= 0.6 is 11.3 Å². The summed E-state index contributed by atoms with van der Waals surface area (Å²) in [6.45, 7) is 0. The molecule has 9 aromatic rings. The van der Waals surface area contributed by atoms with Crippen LogP contribution in [0.25, 0.3) is 69.6 Å². The molecule has 200 valence electrons. The van der Waals surface area contributed by atoms with E-state index in [1.807, 2.05) is 11.3 Å². The van der Waals surface area contributed by atoms with Crippen LogP contribution in [0.3, 0.4) is 0 Å². The van der Waals surface area contributed by atoms with Crippen molar-refractivity contribution in [2.45, 2.75) is 0 Å². The fraction of sp³-hybridized carbons (Fsp3) is 0. The Morgan fingerprint density at radius 1 is 0.419 bits per heavy atom. The van der Waals surface area contributed by atoms with E-state index in [9.17, 15) is 0 Å². The van der Waals surface area contributed by atoms with Gasteiger partial charge in [-0.15, -0.1) is 11.3 Å². The van der Waals surface area contributed by atoms with E-state index in [1.165, 1.54) is 75.3 Å². The predicted molar refractivity (Wildman–Crippen MR) is 185 cm³/mol. The SMILES string of the molecule is c1cc(N2c3cc4sc5ccccc5c4cc3-c3cccc4cccc2c34)cc(-n2c3ccccc3c3ccccc32)c1. The van der Waals surface area contributed by atoms with Crippen molar-refractivity contribution >= 4 is 81.1 Å². The van der Waals surface area contributed by atoms with E-state index in [-0.39, 0.29) is 0 Å². The highest BCUT2D eigenvalue weighted by Crippen LogP contribution is 2.53. The van der Waals surface area contributed by atoms with Crippen LogP contribution in [-0.4, -0.2) is 4.57 Å². The van der Waals surface area contributed by atoms with Gasteiger partial charge in [0.2, 0.25) is 0 Å². The molecule has 0 bridgehead atoms. The third-order valence-electron chi connectivity index (χ3n) is 9.08. The number of anilines is 3. The lowest BCUT2D eigenvalue weighted by atomic mass is 9.90. The first-order valence-corrected chi connectivity index (χ1v) is 15.5. The van der Waals surface area contributed by atoms with E-state index >= 15 is 0 Å². The highest BCUT2D eigenvalue weighted by molar-refractivity contribution is 7.25. The lowest BCUT2D eigenvalue weighted by molar-refractivity contribution is 1.17. The van der Waals surface area contributed by atoms with Crippen molar-refractivity contribution in [3.05, 3.63) is 146 Å². The summed E-state index contributed by atoms with van der Waals surface area (Å²) in [5.74, 6) is 0. The summed E-state index contributed by atoms with van der Waals surface area (Å²) in [6.07, 6.45) is 0. The monoisotopic (exact) mass is 564 g/mol. The van der Waals surface area contributed by atoms with Crippen molar-refractivity contribution in [3.8, 4) is 16.8 Å². The first kappa shape index (κ1) is 23.2. The Morgan fingerprint density at radius 2 is 1.09 bits per heavy atom. The Labute approximate surface area is 252 Å². The average molecular weight is 565 g/mol. The van der Waals surface area contributed by atoms with Gasteiger partial charge in [-0.3, -0.25) is 0 Å². The van der Waals surface area contributed by atoms with E-state index < -0.39 is 0 Å². The highest BCUT2D eigenvalue weighted by atomic mass is 32.1. The molecule has 1 aliphatic heterocycles. The van der Waals surface area contributed by atoms with Crippen LogP contribution < -0.4 is 4.90 Å². The average Bonchev–Trinajstić information content (AvgIpc) is 3.60. The Bertz CT molecular complexity index is 2530. The van der Waals surface area contributed by atoms with Gasteiger partial charge in [0, 0.05) is 53.3 Å². The summed E-state index contributed by atoms with van der Waals surface area (Å²) >= 11 is 1.88. The minimum atomic E-state index is 1.16. The zero-order chi connectivity index (χ0) is 28.1. The second-order valence-corrected chi connectivity index (χ2v) is 12.5. The van der Waals surface area contributed by atoms with Gasteiger partial charge < -0.3 is 9.47 Å². The number of hydrogen-bond acceptors (Lipinski definition) is 2. The first-order valence-electron chi connectivity index (χ1n) is 14.7. The second kappa shape index (κ2) is 8.57. The summed E-state index contributed by atoms with van der Waals surface area (Å²) in [4.78, 5) is 2.48. The zero-order valence-electron chi connectivity index (χ0n) is 23.2. The van der Waals surface area contributed by atoms with E-state index in [4.69, 9.17) is 0 Å². The van der Waals surface area contributed by atoms with Crippen LogP contribution in [0.2, 0.25) is 0 Å². The first-order chi connectivity index (χ1) is 21.3. The molecule has 43 heavy (non-hydrogen) atoms. The molecule has 1 aliphatic rings. The smallest absolute Gasteiger partial charge is 0.0555 e. The van der Waals surface area contributed by atoms with Gasteiger partial charge in [-0.2, -0.15) is 0 Å². The van der Waals surface area contributed by atoms with Crippen LogP contribution in [0.1, 0.15) is 0 Å². The number of nitrogens with zero attached hydrogens (tertiary/aromatic N) is 2. The second-order valence-electron chi connectivity index (χ2n) is 11.4. The standard InChI is InChI=1S/C40H24N2S/c1-4-18-34-28(14-1)29-15-2-5-19-35(29)41(34)26-12-9-13-27(22-26)42-36-20-8-11-25-10-7-17-31(40(25)36)32-23-33-30-16-3-6-21-38(30)43-39(33)24-37(32)42/h1-24H. The maximum atomic E-state index is 2.48. The molecule has 0 aliphatic carbocycles. The Hall–Kier alpha value is -5.38. The van der Waals surface area contributed by atoms with Crippen molar-refractivity contribution < 1.29 is 0 Å². The topological polar surface area (TPSA) is 8.17 Å². The van der Waals surface area contributed by atoms with Crippen LogP contribution in [-0.2, 0) is 0 Å². The molecule has 0 saturated heterocycles. The molecule has 0 saturated carbocycles. The third-order valence-corrected chi connectivity index (χ3v) is 10.2. The van der Waals surface area contributed by atoms with Crippen LogP contribution in [0.5, 0.6) is 0 Å². The van der Waals surface area contributed by atoms with Gasteiger partial charge >= 0.3 is 0 Å². The molecule has 0 fully saturated rings. The molecule has 7 aromatic carbocycles. The number of aromatic nitrogens is 1. The molecule has 2 aromatic heterocycles.